The average molecular weight is 535 g/mol. The van der Waals surface area contributed by atoms with E-state index in [-0.39, 0.29) is 55.1 Å². The van der Waals surface area contributed by atoms with E-state index < -0.39 is 23.5 Å². The first-order chi connectivity index (χ1) is 17.9. The van der Waals surface area contributed by atoms with Crippen LogP contribution in [0.5, 0.6) is 0 Å². The molecule has 4 heterocycles. The number of likely N-dealkylation sites (tertiary alicyclic amines) is 1. The van der Waals surface area contributed by atoms with Crippen LogP contribution in [-0.2, 0) is 33.3 Å². The summed E-state index contributed by atoms with van der Waals surface area (Å²) >= 11 is 0. The molecule has 1 saturated carbocycles. The monoisotopic (exact) mass is 534 g/mol. The van der Waals surface area contributed by atoms with Gasteiger partial charge in [-0.2, -0.15) is 5.26 Å². The van der Waals surface area contributed by atoms with Crippen molar-refractivity contribution in [2.45, 2.75) is 114 Å². The van der Waals surface area contributed by atoms with E-state index in [1.807, 2.05) is 27.7 Å². The van der Waals surface area contributed by atoms with Crippen LogP contribution >= 0.6 is 0 Å². The van der Waals surface area contributed by atoms with Crippen molar-refractivity contribution >= 4 is 11.8 Å². The molecule has 4 saturated heterocycles. The first-order valence-electron chi connectivity index (χ1n) is 14.0. The minimum absolute atomic E-state index is 0.0164. The van der Waals surface area contributed by atoms with E-state index in [0.717, 1.165) is 38.5 Å². The predicted molar refractivity (Wildman–Crippen MR) is 134 cm³/mol. The average Bonchev–Trinajstić information content (AvgIpc) is 3.54. The number of hydrogen-bond donors (Lipinski definition) is 1. The number of likely N-dealkylation sites (N-methyl/N-ethyl adjacent to an activating group) is 1. The zero-order valence-electron chi connectivity index (χ0n) is 23.2. The van der Waals surface area contributed by atoms with Crippen LogP contribution in [0.1, 0.15) is 66.2 Å². The molecule has 0 spiro atoms. The number of fused-ring (bicyclic) bond motifs is 3. The smallest absolute Gasteiger partial charge is 0.237 e. The minimum atomic E-state index is -1.13. The second-order valence-corrected chi connectivity index (χ2v) is 12.3. The number of nitriles is 1. The summed E-state index contributed by atoms with van der Waals surface area (Å²) in [5.41, 5.74) is 0. The first kappa shape index (κ1) is 27.7. The fraction of sp³-hybridized carbons (Fsp3) is 0.889. The number of rotatable bonds is 6. The second-order valence-electron chi connectivity index (χ2n) is 12.3. The van der Waals surface area contributed by atoms with Gasteiger partial charge in [-0.25, -0.2) is 0 Å². The van der Waals surface area contributed by atoms with Crippen molar-refractivity contribution in [2.24, 2.45) is 5.92 Å². The highest BCUT2D eigenvalue weighted by Crippen LogP contribution is 2.47. The molecule has 2 amide bonds. The van der Waals surface area contributed by atoms with Crippen molar-refractivity contribution in [3.8, 4) is 6.07 Å². The molecule has 0 radical (unpaired) electrons. The van der Waals surface area contributed by atoms with Crippen LogP contribution < -0.4 is 5.32 Å². The normalized spacial score (nSPS) is 39.3. The van der Waals surface area contributed by atoms with Crippen LogP contribution in [0.25, 0.3) is 0 Å². The van der Waals surface area contributed by atoms with Gasteiger partial charge in [0.25, 0.3) is 0 Å². The molecule has 0 bridgehead atoms. The van der Waals surface area contributed by atoms with Gasteiger partial charge in [-0.3, -0.25) is 9.59 Å². The van der Waals surface area contributed by atoms with Crippen molar-refractivity contribution in [3.63, 3.8) is 0 Å². The number of carbonyl (C=O) groups excluding carboxylic acids is 2. The van der Waals surface area contributed by atoms with E-state index in [9.17, 15) is 14.9 Å². The molecule has 0 aromatic carbocycles. The molecule has 4 aliphatic heterocycles. The Bertz CT molecular complexity index is 960. The van der Waals surface area contributed by atoms with Crippen LogP contribution in [0.2, 0.25) is 0 Å². The van der Waals surface area contributed by atoms with Crippen molar-refractivity contribution in [1.29, 1.82) is 5.26 Å². The maximum Gasteiger partial charge on any atom is 0.237 e. The highest BCUT2D eigenvalue weighted by Gasteiger charge is 2.65. The zero-order chi connectivity index (χ0) is 27.3. The summed E-state index contributed by atoms with van der Waals surface area (Å²) in [5.74, 6) is -2.81. The van der Waals surface area contributed by atoms with Crippen LogP contribution in [-0.4, -0.2) is 103 Å². The molecule has 0 aromatic rings. The number of nitrogens with zero attached hydrogens (tertiary/aromatic N) is 3. The number of nitrogens with one attached hydrogen (secondary N) is 1. The Balaban J connectivity index is 1.14. The van der Waals surface area contributed by atoms with E-state index >= 15 is 0 Å². The summed E-state index contributed by atoms with van der Waals surface area (Å²) in [4.78, 5) is 29.4. The summed E-state index contributed by atoms with van der Waals surface area (Å²) in [6.07, 6.45) is 3.63. The lowest BCUT2D eigenvalue weighted by atomic mass is 9.85. The SMILES string of the molecule is CN(C[C@@]12OC[C@H]3OC(C)(C)O[C@H]3[C@@H]1OC(C)(C)O2)C(=O)C1CCC(NCC(=O)N2CCC[C@H]2C#N)CC1. The van der Waals surface area contributed by atoms with Crippen LogP contribution in [0.15, 0.2) is 0 Å². The lowest BCUT2D eigenvalue weighted by Gasteiger charge is -2.43. The molecule has 5 aliphatic rings. The van der Waals surface area contributed by atoms with Crippen molar-refractivity contribution in [1.82, 2.24) is 15.1 Å². The van der Waals surface area contributed by atoms with Gasteiger partial charge in [0.1, 0.15) is 24.4 Å². The fourth-order valence-corrected chi connectivity index (χ4v) is 6.76. The minimum Gasteiger partial charge on any atom is -0.343 e. The van der Waals surface area contributed by atoms with Crippen molar-refractivity contribution in [2.75, 3.05) is 33.3 Å². The number of ether oxygens (including phenoxy) is 5. The number of amides is 2. The van der Waals surface area contributed by atoms with Gasteiger partial charge in [0.05, 0.1) is 25.8 Å². The third-order valence-electron chi connectivity index (χ3n) is 8.45. The van der Waals surface area contributed by atoms with Crippen LogP contribution in [0, 0.1) is 17.2 Å². The molecule has 5 rings (SSSR count). The molecule has 1 aliphatic carbocycles. The summed E-state index contributed by atoms with van der Waals surface area (Å²) < 4.78 is 31.0. The predicted octanol–water partition coefficient (Wildman–Crippen LogP) is 1.51. The molecular formula is C27H42N4O7. The highest BCUT2D eigenvalue weighted by molar-refractivity contribution is 5.79. The Hall–Kier alpha value is -1.81. The summed E-state index contributed by atoms with van der Waals surface area (Å²) in [7, 11) is 1.79. The second kappa shape index (κ2) is 10.3. The number of carbonyl (C=O) groups is 2. The largest absolute Gasteiger partial charge is 0.343 e. The number of hydrogen-bond acceptors (Lipinski definition) is 9. The van der Waals surface area contributed by atoms with Gasteiger partial charge in [0.2, 0.25) is 17.6 Å². The Morgan fingerprint density at radius 3 is 2.50 bits per heavy atom. The quantitative estimate of drug-likeness (QED) is 0.540. The highest BCUT2D eigenvalue weighted by atomic mass is 16.9. The molecule has 1 N–H and O–H groups in total. The van der Waals surface area contributed by atoms with E-state index in [1.54, 1.807) is 16.8 Å². The standard InChI is InChI=1S/C27H42N4O7/c1-25(2)35-20-15-34-27(23(22(20)36-25)37-26(3,4)38-27)16-30(5)24(33)17-8-10-18(11-9-17)29-14-21(32)31-12-6-7-19(31)13-28/h17-20,22-23,29H,6-12,14-16H2,1-5H3/t17?,18?,19-,20+,22+,23-,27-/m0/s1. The zero-order valence-corrected chi connectivity index (χ0v) is 23.2. The lowest BCUT2D eigenvalue weighted by molar-refractivity contribution is -0.284. The maximum absolute atomic E-state index is 13.5. The molecule has 11 heteroatoms. The van der Waals surface area contributed by atoms with Crippen LogP contribution in [0.4, 0.5) is 0 Å². The molecule has 11 nitrogen and oxygen atoms in total. The molecule has 5 atom stereocenters. The molecule has 212 valence electrons. The molecule has 0 aromatic heterocycles. The lowest BCUT2D eigenvalue weighted by Crippen LogP contribution is -2.63. The Kier molecular flexibility index (Phi) is 7.52. The van der Waals surface area contributed by atoms with Gasteiger partial charge in [-0.1, -0.05) is 0 Å². The van der Waals surface area contributed by atoms with Gasteiger partial charge in [0, 0.05) is 25.6 Å². The topological polar surface area (TPSA) is 123 Å². The van der Waals surface area contributed by atoms with E-state index in [0.29, 0.717) is 13.2 Å². The Labute approximate surface area is 225 Å². The Morgan fingerprint density at radius 2 is 1.79 bits per heavy atom. The van der Waals surface area contributed by atoms with E-state index in [2.05, 4.69) is 11.4 Å². The fourth-order valence-electron chi connectivity index (χ4n) is 6.76. The van der Waals surface area contributed by atoms with E-state index in [4.69, 9.17) is 23.7 Å². The molecular weight excluding hydrogens is 492 g/mol. The van der Waals surface area contributed by atoms with Gasteiger partial charge < -0.3 is 38.8 Å². The van der Waals surface area contributed by atoms with Gasteiger partial charge in [0.15, 0.2) is 11.6 Å². The summed E-state index contributed by atoms with van der Waals surface area (Å²) in [6, 6.07) is 2.11. The molecule has 5 fully saturated rings. The summed E-state index contributed by atoms with van der Waals surface area (Å²) in [5, 5.41) is 12.6. The first-order valence-corrected chi connectivity index (χ1v) is 14.0. The molecule has 38 heavy (non-hydrogen) atoms. The van der Waals surface area contributed by atoms with Gasteiger partial charge in [-0.15, -0.1) is 0 Å². The molecule has 0 unspecified atom stereocenters. The van der Waals surface area contributed by atoms with Crippen molar-refractivity contribution < 1.29 is 33.3 Å². The maximum atomic E-state index is 13.5. The van der Waals surface area contributed by atoms with Gasteiger partial charge in [-0.05, 0) is 66.2 Å². The van der Waals surface area contributed by atoms with Crippen molar-refractivity contribution in [3.05, 3.63) is 0 Å². The Morgan fingerprint density at radius 1 is 1.05 bits per heavy atom. The van der Waals surface area contributed by atoms with E-state index in [1.165, 1.54) is 0 Å². The van der Waals surface area contributed by atoms with Crippen LogP contribution in [0.3, 0.4) is 0 Å². The third kappa shape index (κ3) is 5.44. The third-order valence-corrected chi connectivity index (χ3v) is 8.45. The summed E-state index contributed by atoms with van der Waals surface area (Å²) in [6.45, 7) is 8.86. The van der Waals surface area contributed by atoms with Gasteiger partial charge >= 0.3 is 0 Å².